The SMILES string of the molecule is Bc1c(OCc2ccc(OC)cc2)ccc(C)c1C(OC(C)(C)C)C(=O)OC. The van der Waals surface area contributed by atoms with Crippen molar-refractivity contribution in [1.29, 1.82) is 0 Å². The van der Waals surface area contributed by atoms with Gasteiger partial charge in [-0.2, -0.15) is 0 Å². The van der Waals surface area contributed by atoms with Crippen LogP contribution in [0.25, 0.3) is 0 Å². The van der Waals surface area contributed by atoms with Crippen LogP contribution in [0.5, 0.6) is 11.5 Å². The van der Waals surface area contributed by atoms with Crippen LogP contribution in [-0.4, -0.2) is 33.6 Å². The summed E-state index contributed by atoms with van der Waals surface area (Å²) in [6, 6.07) is 11.6. The highest BCUT2D eigenvalue weighted by Gasteiger charge is 2.31. The van der Waals surface area contributed by atoms with Crippen molar-refractivity contribution in [3.05, 3.63) is 53.1 Å². The molecule has 28 heavy (non-hydrogen) atoms. The second-order valence-corrected chi connectivity index (χ2v) is 7.69. The minimum absolute atomic E-state index is 0.413. The second-order valence-electron chi connectivity index (χ2n) is 7.69. The van der Waals surface area contributed by atoms with Crippen molar-refractivity contribution >= 4 is 19.3 Å². The summed E-state index contributed by atoms with van der Waals surface area (Å²) in [5.74, 6) is 1.09. The molecule has 6 heteroatoms. The maximum atomic E-state index is 12.4. The van der Waals surface area contributed by atoms with E-state index in [1.807, 2.05) is 71.9 Å². The van der Waals surface area contributed by atoms with Gasteiger partial charge in [0.05, 0.1) is 19.8 Å². The topological polar surface area (TPSA) is 54.0 Å². The summed E-state index contributed by atoms with van der Waals surface area (Å²) in [6.07, 6.45) is -0.811. The van der Waals surface area contributed by atoms with Crippen molar-refractivity contribution in [2.75, 3.05) is 14.2 Å². The molecule has 150 valence electrons. The van der Waals surface area contributed by atoms with E-state index in [0.29, 0.717) is 12.4 Å². The predicted octanol–water partition coefficient (Wildman–Crippen LogP) is 2.87. The standard InChI is InChI=1S/C22H29BO5/c1-14-7-12-17(27-13-15-8-10-16(25-5)11-9-15)19(23)18(14)20(21(24)26-6)28-22(2,3)4/h7-12,20H,13,23H2,1-6H3. The number of esters is 1. The smallest absolute Gasteiger partial charge is 0.339 e. The molecule has 0 radical (unpaired) electrons. The van der Waals surface area contributed by atoms with E-state index < -0.39 is 17.7 Å². The molecule has 0 aliphatic rings. The van der Waals surface area contributed by atoms with Crippen LogP contribution >= 0.6 is 0 Å². The van der Waals surface area contributed by atoms with Crippen LogP contribution in [-0.2, 0) is 20.9 Å². The zero-order valence-electron chi connectivity index (χ0n) is 17.8. The summed E-state index contributed by atoms with van der Waals surface area (Å²) in [5, 5.41) is 0. The highest BCUT2D eigenvalue weighted by atomic mass is 16.6. The first-order chi connectivity index (χ1) is 13.2. The van der Waals surface area contributed by atoms with E-state index in [-0.39, 0.29) is 0 Å². The van der Waals surface area contributed by atoms with Gasteiger partial charge in [0.25, 0.3) is 0 Å². The minimum Gasteiger partial charge on any atom is -0.497 e. The first kappa shape index (κ1) is 21.8. The van der Waals surface area contributed by atoms with E-state index in [0.717, 1.165) is 27.9 Å². The van der Waals surface area contributed by atoms with Gasteiger partial charge in [-0.05, 0) is 68.0 Å². The Hall–Kier alpha value is -2.47. The molecule has 2 aromatic carbocycles. The molecule has 0 aliphatic carbocycles. The molecule has 1 unspecified atom stereocenters. The second kappa shape index (κ2) is 9.15. The van der Waals surface area contributed by atoms with E-state index in [9.17, 15) is 4.79 Å². The van der Waals surface area contributed by atoms with Gasteiger partial charge in [-0.1, -0.05) is 18.2 Å². The van der Waals surface area contributed by atoms with Crippen molar-refractivity contribution in [3.8, 4) is 11.5 Å². The fourth-order valence-electron chi connectivity index (χ4n) is 2.97. The third-order valence-corrected chi connectivity index (χ3v) is 4.39. The highest BCUT2D eigenvalue weighted by Crippen LogP contribution is 2.29. The van der Waals surface area contributed by atoms with E-state index >= 15 is 0 Å². The number of aryl methyl sites for hydroxylation is 1. The Morgan fingerprint density at radius 1 is 1.07 bits per heavy atom. The molecule has 2 aromatic rings. The molecule has 0 saturated carbocycles. The number of benzene rings is 2. The van der Waals surface area contributed by atoms with Crippen molar-refractivity contribution < 1.29 is 23.7 Å². The van der Waals surface area contributed by atoms with Crippen LogP contribution in [0.1, 0.15) is 43.6 Å². The van der Waals surface area contributed by atoms with Crippen molar-refractivity contribution in [2.45, 2.75) is 46.0 Å². The van der Waals surface area contributed by atoms with Gasteiger partial charge in [0, 0.05) is 0 Å². The third kappa shape index (κ3) is 5.52. The highest BCUT2D eigenvalue weighted by molar-refractivity contribution is 6.35. The van der Waals surface area contributed by atoms with Gasteiger partial charge in [-0.25, -0.2) is 4.79 Å². The molecule has 1 atom stereocenters. The van der Waals surface area contributed by atoms with Crippen LogP contribution < -0.4 is 14.9 Å². The van der Waals surface area contributed by atoms with Crippen LogP contribution in [0.3, 0.4) is 0 Å². The first-order valence-corrected chi connectivity index (χ1v) is 9.27. The Kier molecular flexibility index (Phi) is 7.14. The Morgan fingerprint density at radius 2 is 1.71 bits per heavy atom. The quantitative estimate of drug-likeness (QED) is 0.543. The lowest BCUT2D eigenvalue weighted by Crippen LogP contribution is -2.32. The molecule has 0 N–H and O–H groups in total. The third-order valence-electron chi connectivity index (χ3n) is 4.39. The van der Waals surface area contributed by atoms with Gasteiger partial charge in [-0.15, -0.1) is 0 Å². The van der Waals surface area contributed by atoms with E-state index in [1.165, 1.54) is 7.11 Å². The monoisotopic (exact) mass is 384 g/mol. The zero-order valence-corrected chi connectivity index (χ0v) is 17.8. The van der Waals surface area contributed by atoms with Crippen molar-refractivity contribution in [1.82, 2.24) is 0 Å². The molecule has 0 heterocycles. The normalized spacial score (nSPS) is 12.4. The molecule has 0 aromatic heterocycles. The lowest BCUT2D eigenvalue weighted by molar-refractivity contribution is -0.164. The molecule has 2 rings (SSSR count). The van der Waals surface area contributed by atoms with E-state index in [4.69, 9.17) is 18.9 Å². The fourth-order valence-corrected chi connectivity index (χ4v) is 2.97. The van der Waals surface area contributed by atoms with Crippen LogP contribution in [0, 0.1) is 6.92 Å². The van der Waals surface area contributed by atoms with Gasteiger partial charge in [0.15, 0.2) is 6.10 Å². The van der Waals surface area contributed by atoms with Crippen LogP contribution in [0.4, 0.5) is 0 Å². The largest absolute Gasteiger partial charge is 0.497 e. The Bertz CT molecular complexity index is 809. The number of carbonyl (C=O) groups excluding carboxylic acids is 1. The van der Waals surface area contributed by atoms with Crippen LogP contribution in [0.2, 0.25) is 0 Å². The summed E-state index contributed by atoms with van der Waals surface area (Å²) in [7, 11) is 4.95. The lowest BCUT2D eigenvalue weighted by atomic mass is 9.84. The maximum absolute atomic E-state index is 12.4. The molecule has 0 fully saturated rings. The first-order valence-electron chi connectivity index (χ1n) is 9.27. The molecule has 5 nitrogen and oxygen atoms in total. The number of methoxy groups -OCH3 is 2. The predicted molar refractivity (Wildman–Crippen MR) is 112 cm³/mol. The molecule has 0 spiro atoms. The van der Waals surface area contributed by atoms with Crippen molar-refractivity contribution in [2.24, 2.45) is 0 Å². The molecular weight excluding hydrogens is 355 g/mol. The average molecular weight is 384 g/mol. The van der Waals surface area contributed by atoms with Gasteiger partial charge < -0.3 is 18.9 Å². The number of ether oxygens (including phenoxy) is 4. The zero-order chi connectivity index (χ0) is 20.9. The minimum atomic E-state index is -0.811. The number of carbonyl (C=O) groups is 1. The Morgan fingerprint density at radius 3 is 2.25 bits per heavy atom. The molecule has 0 aliphatic heterocycles. The van der Waals surface area contributed by atoms with Gasteiger partial charge in [0.1, 0.15) is 26.0 Å². The summed E-state index contributed by atoms with van der Waals surface area (Å²) >= 11 is 0. The Labute approximate surface area is 168 Å². The van der Waals surface area contributed by atoms with Crippen molar-refractivity contribution in [3.63, 3.8) is 0 Å². The van der Waals surface area contributed by atoms with Gasteiger partial charge in [0.2, 0.25) is 0 Å². The van der Waals surface area contributed by atoms with Gasteiger partial charge in [-0.3, -0.25) is 0 Å². The summed E-state index contributed by atoms with van der Waals surface area (Å²) in [6.45, 7) is 8.11. The average Bonchev–Trinajstić information content (AvgIpc) is 2.65. The maximum Gasteiger partial charge on any atom is 0.339 e. The van der Waals surface area contributed by atoms with E-state index in [1.54, 1.807) is 7.11 Å². The van der Waals surface area contributed by atoms with Gasteiger partial charge >= 0.3 is 5.97 Å². The molecule has 0 saturated heterocycles. The summed E-state index contributed by atoms with van der Waals surface area (Å²) < 4.78 is 22.3. The summed E-state index contributed by atoms with van der Waals surface area (Å²) in [5.41, 5.74) is 3.13. The molecule has 0 bridgehead atoms. The number of rotatable bonds is 7. The molecule has 0 amide bonds. The van der Waals surface area contributed by atoms with Crippen LogP contribution in [0.15, 0.2) is 36.4 Å². The summed E-state index contributed by atoms with van der Waals surface area (Å²) in [4.78, 5) is 12.4. The fraction of sp³-hybridized carbons (Fsp3) is 0.409. The lowest BCUT2D eigenvalue weighted by Gasteiger charge is -2.28. The Balaban J connectivity index is 2.31. The number of hydrogen-bond acceptors (Lipinski definition) is 5. The number of hydrogen-bond donors (Lipinski definition) is 0. The molecular formula is C22H29BO5. The van der Waals surface area contributed by atoms with E-state index in [2.05, 4.69) is 0 Å².